The van der Waals surface area contributed by atoms with Gasteiger partial charge in [-0.1, -0.05) is 11.6 Å². The molecule has 0 aliphatic carbocycles. The number of aryl methyl sites for hydroxylation is 3. The van der Waals surface area contributed by atoms with E-state index in [1.165, 1.54) is 0 Å². The topological polar surface area (TPSA) is 56.5 Å². The molecule has 16 heavy (non-hydrogen) atoms. The Morgan fingerprint density at radius 2 is 1.62 bits per heavy atom. The zero-order valence-corrected chi connectivity index (χ0v) is 10.4. The molecular formula is C10H12ClN5. The third kappa shape index (κ3) is 1.78. The highest BCUT2D eigenvalue weighted by Crippen LogP contribution is 2.19. The van der Waals surface area contributed by atoms with Gasteiger partial charge >= 0.3 is 0 Å². The molecule has 2 aromatic heterocycles. The van der Waals surface area contributed by atoms with E-state index in [-0.39, 0.29) is 0 Å². The van der Waals surface area contributed by atoms with Crippen molar-refractivity contribution in [1.82, 2.24) is 24.7 Å². The Morgan fingerprint density at radius 3 is 2.19 bits per heavy atom. The minimum Gasteiger partial charge on any atom is -0.221 e. The minimum atomic E-state index is 0.454. The summed E-state index contributed by atoms with van der Waals surface area (Å²) in [5.41, 5.74) is 0.806. The standard InChI is InChI=1S/C10H12ClN5/c1-5-9(11)13-6(2)14-10(5)16-8(4)12-7(3)15-16/h1-4H3. The van der Waals surface area contributed by atoms with Crippen molar-refractivity contribution in [3.8, 4) is 5.82 Å². The zero-order valence-electron chi connectivity index (χ0n) is 9.61. The first kappa shape index (κ1) is 11.0. The van der Waals surface area contributed by atoms with Gasteiger partial charge in [0.05, 0.1) is 0 Å². The Labute approximate surface area is 98.5 Å². The third-order valence-electron chi connectivity index (χ3n) is 2.25. The molecule has 2 rings (SSSR count). The van der Waals surface area contributed by atoms with Gasteiger partial charge in [-0.05, 0) is 27.7 Å². The Hall–Kier alpha value is -1.49. The van der Waals surface area contributed by atoms with Gasteiger partial charge in [0.25, 0.3) is 0 Å². The maximum atomic E-state index is 6.02. The fraction of sp³-hybridized carbons (Fsp3) is 0.400. The van der Waals surface area contributed by atoms with Crippen molar-refractivity contribution < 1.29 is 0 Å². The van der Waals surface area contributed by atoms with E-state index in [1.807, 2.05) is 20.8 Å². The van der Waals surface area contributed by atoms with Crippen molar-refractivity contribution in [2.24, 2.45) is 0 Å². The lowest BCUT2D eigenvalue weighted by atomic mass is 10.3. The number of rotatable bonds is 1. The van der Waals surface area contributed by atoms with E-state index in [1.54, 1.807) is 11.6 Å². The summed E-state index contributed by atoms with van der Waals surface area (Å²) in [5, 5.41) is 4.73. The lowest BCUT2D eigenvalue weighted by molar-refractivity contribution is 0.782. The van der Waals surface area contributed by atoms with Gasteiger partial charge < -0.3 is 0 Å². The van der Waals surface area contributed by atoms with Gasteiger partial charge in [0.1, 0.15) is 22.6 Å². The van der Waals surface area contributed by atoms with Gasteiger partial charge in [0.2, 0.25) is 0 Å². The van der Waals surface area contributed by atoms with Crippen molar-refractivity contribution in [1.29, 1.82) is 0 Å². The van der Waals surface area contributed by atoms with Gasteiger partial charge in [0.15, 0.2) is 5.82 Å². The van der Waals surface area contributed by atoms with Gasteiger partial charge in [-0.3, -0.25) is 0 Å². The molecule has 0 N–H and O–H groups in total. The van der Waals surface area contributed by atoms with Crippen LogP contribution in [-0.2, 0) is 0 Å². The fourth-order valence-electron chi connectivity index (χ4n) is 1.51. The van der Waals surface area contributed by atoms with Crippen molar-refractivity contribution in [3.05, 3.63) is 28.2 Å². The molecule has 0 saturated carbocycles. The molecule has 84 valence electrons. The molecule has 0 saturated heterocycles. The summed E-state index contributed by atoms with van der Waals surface area (Å²) in [5.74, 6) is 2.81. The molecule has 5 nitrogen and oxygen atoms in total. The number of hydrogen-bond donors (Lipinski definition) is 0. The Balaban J connectivity index is 2.68. The summed E-state index contributed by atoms with van der Waals surface area (Å²) in [6, 6.07) is 0. The van der Waals surface area contributed by atoms with Crippen molar-refractivity contribution >= 4 is 11.6 Å². The SMILES string of the molecule is Cc1nc(Cl)c(C)c(-n2nc(C)nc2C)n1. The molecule has 0 aromatic carbocycles. The Morgan fingerprint density at radius 1 is 0.938 bits per heavy atom. The van der Waals surface area contributed by atoms with Crippen LogP contribution in [0.3, 0.4) is 0 Å². The van der Waals surface area contributed by atoms with Gasteiger partial charge in [0, 0.05) is 5.56 Å². The second-order valence-electron chi connectivity index (χ2n) is 3.63. The first-order valence-corrected chi connectivity index (χ1v) is 5.28. The highest BCUT2D eigenvalue weighted by Gasteiger charge is 2.13. The summed E-state index contributed by atoms with van der Waals surface area (Å²) in [4.78, 5) is 12.7. The second kappa shape index (κ2) is 3.83. The predicted octanol–water partition coefficient (Wildman–Crippen LogP) is 1.94. The number of halogens is 1. The molecule has 0 spiro atoms. The summed E-state index contributed by atoms with van der Waals surface area (Å²) < 4.78 is 1.69. The van der Waals surface area contributed by atoms with E-state index in [2.05, 4.69) is 20.1 Å². The first-order chi connectivity index (χ1) is 7.49. The van der Waals surface area contributed by atoms with Crippen molar-refractivity contribution in [2.45, 2.75) is 27.7 Å². The predicted molar refractivity (Wildman–Crippen MR) is 60.9 cm³/mol. The lowest BCUT2D eigenvalue weighted by Crippen LogP contribution is -2.07. The third-order valence-corrected chi connectivity index (χ3v) is 2.62. The number of aromatic nitrogens is 5. The van der Waals surface area contributed by atoms with Crippen LogP contribution < -0.4 is 0 Å². The normalized spacial score (nSPS) is 10.8. The van der Waals surface area contributed by atoms with Gasteiger partial charge in [-0.2, -0.15) is 4.68 Å². The van der Waals surface area contributed by atoms with E-state index in [0.717, 1.165) is 11.4 Å². The summed E-state index contributed by atoms with van der Waals surface area (Å²) >= 11 is 6.02. The minimum absolute atomic E-state index is 0.454. The van der Waals surface area contributed by atoms with Crippen LogP contribution in [0.5, 0.6) is 0 Å². The van der Waals surface area contributed by atoms with Crippen LogP contribution in [0.25, 0.3) is 5.82 Å². The highest BCUT2D eigenvalue weighted by molar-refractivity contribution is 6.30. The molecule has 0 aliphatic rings. The molecule has 0 radical (unpaired) electrons. The second-order valence-corrected chi connectivity index (χ2v) is 3.99. The molecule has 2 heterocycles. The Kier molecular flexibility index (Phi) is 2.63. The van der Waals surface area contributed by atoms with Crippen molar-refractivity contribution in [2.75, 3.05) is 0 Å². The average molecular weight is 238 g/mol. The smallest absolute Gasteiger partial charge is 0.163 e. The molecule has 0 fully saturated rings. The van der Waals surface area contributed by atoms with E-state index in [0.29, 0.717) is 22.6 Å². The van der Waals surface area contributed by atoms with Crippen LogP contribution >= 0.6 is 11.6 Å². The maximum absolute atomic E-state index is 6.02. The first-order valence-electron chi connectivity index (χ1n) is 4.90. The lowest BCUT2D eigenvalue weighted by Gasteiger charge is -2.07. The fourth-order valence-corrected chi connectivity index (χ4v) is 1.71. The zero-order chi connectivity index (χ0) is 11.9. The van der Waals surface area contributed by atoms with E-state index < -0.39 is 0 Å². The van der Waals surface area contributed by atoms with Crippen molar-refractivity contribution in [3.63, 3.8) is 0 Å². The molecule has 0 bridgehead atoms. The molecule has 0 aliphatic heterocycles. The largest absolute Gasteiger partial charge is 0.221 e. The molecule has 0 amide bonds. The highest BCUT2D eigenvalue weighted by atomic mass is 35.5. The van der Waals surface area contributed by atoms with E-state index >= 15 is 0 Å². The summed E-state index contributed by atoms with van der Waals surface area (Å²) in [6.07, 6.45) is 0. The van der Waals surface area contributed by atoms with Crippen LogP contribution in [0, 0.1) is 27.7 Å². The van der Waals surface area contributed by atoms with Crippen LogP contribution in [0.2, 0.25) is 5.15 Å². The molecule has 0 unspecified atom stereocenters. The van der Waals surface area contributed by atoms with E-state index in [4.69, 9.17) is 11.6 Å². The maximum Gasteiger partial charge on any atom is 0.163 e. The number of nitrogens with zero attached hydrogens (tertiary/aromatic N) is 5. The quantitative estimate of drug-likeness (QED) is 0.712. The summed E-state index contributed by atoms with van der Waals surface area (Å²) in [7, 11) is 0. The molecular weight excluding hydrogens is 226 g/mol. The van der Waals surface area contributed by atoms with E-state index in [9.17, 15) is 0 Å². The van der Waals surface area contributed by atoms with Crippen LogP contribution in [0.4, 0.5) is 0 Å². The molecule has 0 atom stereocenters. The molecule has 6 heteroatoms. The van der Waals surface area contributed by atoms with Crippen LogP contribution in [0.1, 0.15) is 23.0 Å². The van der Waals surface area contributed by atoms with Crippen LogP contribution in [0.15, 0.2) is 0 Å². The Bertz CT molecular complexity index is 546. The monoisotopic (exact) mass is 237 g/mol. The van der Waals surface area contributed by atoms with Crippen LogP contribution in [-0.4, -0.2) is 24.7 Å². The average Bonchev–Trinajstić information content (AvgIpc) is 2.51. The number of hydrogen-bond acceptors (Lipinski definition) is 4. The molecule has 2 aromatic rings. The van der Waals surface area contributed by atoms with Gasteiger partial charge in [-0.15, -0.1) is 5.10 Å². The summed E-state index contributed by atoms with van der Waals surface area (Å²) in [6.45, 7) is 7.39. The van der Waals surface area contributed by atoms with Gasteiger partial charge in [-0.25, -0.2) is 15.0 Å².